The van der Waals surface area contributed by atoms with Crippen molar-refractivity contribution in [3.05, 3.63) is 65.7 Å². The molecule has 0 aromatic heterocycles. The molecule has 0 heterocycles. The van der Waals surface area contributed by atoms with E-state index in [1.54, 1.807) is 0 Å². The highest BCUT2D eigenvalue weighted by molar-refractivity contribution is 5.75. The van der Waals surface area contributed by atoms with Crippen molar-refractivity contribution in [2.45, 2.75) is 77.2 Å². The number of aliphatic hydroxyl groups excluding tert-OH is 1. The molecule has 31 heavy (non-hydrogen) atoms. The summed E-state index contributed by atoms with van der Waals surface area (Å²) >= 11 is 0. The van der Waals surface area contributed by atoms with Crippen LogP contribution in [0.2, 0.25) is 0 Å². The molecule has 2 aromatic carbocycles. The number of ether oxygens (including phenoxy) is 1. The Morgan fingerprint density at radius 3 is 2.00 bits per heavy atom. The molecule has 0 saturated carbocycles. The van der Waals surface area contributed by atoms with Crippen LogP contribution in [0, 0.1) is 0 Å². The zero-order valence-corrected chi connectivity index (χ0v) is 18.9. The van der Waals surface area contributed by atoms with Crippen LogP contribution < -0.4 is 10.1 Å². The Kier molecular flexibility index (Phi) is 13.2. The van der Waals surface area contributed by atoms with Crippen LogP contribution in [-0.4, -0.2) is 24.2 Å². The number of carbonyl (C=O) groups excluding carboxylic acids is 1. The summed E-state index contributed by atoms with van der Waals surface area (Å²) in [6, 6.07) is 18.3. The number of nitrogens with one attached hydrogen (secondary N) is 1. The van der Waals surface area contributed by atoms with Crippen LogP contribution in [0.15, 0.2) is 54.6 Å². The van der Waals surface area contributed by atoms with E-state index in [-0.39, 0.29) is 5.91 Å². The molecule has 0 unspecified atom stereocenters. The molecule has 0 atom stereocenters. The smallest absolute Gasteiger partial charge is 0.220 e. The number of hydrogen-bond acceptors (Lipinski definition) is 3. The molecular formula is C27H39NO3. The van der Waals surface area contributed by atoms with Crippen molar-refractivity contribution in [3.63, 3.8) is 0 Å². The molecule has 1 amide bonds. The first-order valence-corrected chi connectivity index (χ1v) is 11.9. The molecule has 0 aliphatic rings. The number of amides is 1. The number of hydrogen-bond donors (Lipinski definition) is 2. The summed E-state index contributed by atoms with van der Waals surface area (Å²) < 4.78 is 5.81. The third-order valence-electron chi connectivity index (χ3n) is 5.47. The molecule has 0 bridgehead atoms. The summed E-state index contributed by atoms with van der Waals surface area (Å²) in [5.41, 5.74) is 2.36. The summed E-state index contributed by atoms with van der Waals surface area (Å²) in [5.74, 6) is 1.02. The fraction of sp³-hybridized carbons (Fsp3) is 0.519. The Balaban J connectivity index is 1.46. The lowest BCUT2D eigenvalue weighted by Gasteiger charge is -2.08. The minimum atomic E-state index is 0.159. The Bertz CT molecular complexity index is 700. The van der Waals surface area contributed by atoms with Crippen molar-refractivity contribution >= 4 is 5.91 Å². The number of rotatable bonds is 17. The SMILES string of the molecule is O=C(CCCCCCCCCCCO)NCCc1ccc(OCc2ccccc2)cc1. The van der Waals surface area contributed by atoms with Crippen LogP contribution in [0.1, 0.15) is 75.3 Å². The molecule has 0 saturated heterocycles. The lowest BCUT2D eigenvalue weighted by molar-refractivity contribution is -0.121. The molecule has 0 aliphatic carbocycles. The molecule has 0 radical (unpaired) electrons. The van der Waals surface area contributed by atoms with Gasteiger partial charge in [-0.15, -0.1) is 0 Å². The molecule has 0 fully saturated rings. The average molecular weight is 426 g/mol. The van der Waals surface area contributed by atoms with E-state index in [1.165, 1.54) is 37.7 Å². The molecule has 2 rings (SSSR count). The summed E-state index contributed by atoms with van der Waals surface area (Å²) in [7, 11) is 0. The van der Waals surface area contributed by atoms with Crippen molar-refractivity contribution in [3.8, 4) is 5.75 Å². The second kappa shape index (κ2) is 16.4. The molecule has 4 heteroatoms. The molecule has 0 aliphatic heterocycles. The van der Waals surface area contributed by atoms with Gasteiger partial charge in [0.25, 0.3) is 0 Å². The zero-order valence-electron chi connectivity index (χ0n) is 18.9. The van der Waals surface area contributed by atoms with Gasteiger partial charge in [-0.2, -0.15) is 0 Å². The lowest BCUT2D eigenvalue weighted by Crippen LogP contribution is -2.25. The topological polar surface area (TPSA) is 58.6 Å². The maximum absolute atomic E-state index is 12.0. The summed E-state index contributed by atoms with van der Waals surface area (Å²) in [6.07, 6.45) is 11.9. The summed E-state index contributed by atoms with van der Waals surface area (Å²) in [4.78, 5) is 12.0. The molecular weight excluding hydrogens is 386 g/mol. The lowest BCUT2D eigenvalue weighted by atomic mass is 10.1. The number of unbranched alkanes of at least 4 members (excludes halogenated alkanes) is 8. The number of aliphatic hydroxyl groups is 1. The predicted molar refractivity (Wildman–Crippen MR) is 127 cm³/mol. The Hall–Kier alpha value is -2.33. The van der Waals surface area contributed by atoms with E-state index < -0.39 is 0 Å². The van der Waals surface area contributed by atoms with Crippen LogP contribution in [0.3, 0.4) is 0 Å². The van der Waals surface area contributed by atoms with Crippen molar-refractivity contribution in [1.82, 2.24) is 5.32 Å². The van der Waals surface area contributed by atoms with E-state index in [4.69, 9.17) is 9.84 Å². The van der Waals surface area contributed by atoms with E-state index >= 15 is 0 Å². The predicted octanol–water partition coefficient (Wildman–Crippen LogP) is 5.82. The maximum atomic E-state index is 12.0. The van der Waals surface area contributed by atoms with Crippen molar-refractivity contribution in [2.75, 3.05) is 13.2 Å². The maximum Gasteiger partial charge on any atom is 0.220 e. The van der Waals surface area contributed by atoms with Gasteiger partial charge in [0.1, 0.15) is 12.4 Å². The van der Waals surface area contributed by atoms with E-state index in [9.17, 15) is 4.79 Å². The Morgan fingerprint density at radius 2 is 1.35 bits per heavy atom. The van der Waals surface area contributed by atoms with Gasteiger partial charge < -0.3 is 15.2 Å². The highest BCUT2D eigenvalue weighted by Crippen LogP contribution is 2.15. The van der Waals surface area contributed by atoms with Crippen LogP contribution in [0.5, 0.6) is 5.75 Å². The monoisotopic (exact) mass is 425 g/mol. The Morgan fingerprint density at radius 1 is 0.742 bits per heavy atom. The van der Waals surface area contributed by atoms with Gasteiger partial charge in [-0.3, -0.25) is 4.79 Å². The number of benzene rings is 2. The van der Waals surface area contributed by atoms with Crippen molar-refractivity contribution < 1.29 is 14.6 Å². The Labute approximate surface area is 188 Å². The van der Waals surface area contributed by atoms with Gasteiger partial charge in [0, 0.05) is 19.6 Å². The summed E-state index contributed by atoms with van der Waals surface area (Å²) in [6.45, 7) is 1.57. The first-order chi connectivity index (χ1) is 15.3. The fourth-order valence-corrected chi connectivity index (χ4v) is 3.56. The van der Waals surface area contributed by atoms with Crippen LogP contribution in [-0.2, 0) is 17.8 Å². The standard InChI is InChI=1S/C27H39NO3/c29-22-12-7-5-3-1-2-4-6-11-15-27(30)28-21-20-24-16-18-26(19-17-24)31-23-25-13-9-8-10-14-25/h8-10,13-14,16-19,29H,1-7,11-12,15,20-23H2,(H,28,30). The van der Waals surface area contributed by atoms with Crippen molar-refractivity contribution in [1.29, 1.82) is 0 Å². The highest BCUT2D eigenvalue weighted by Gasteiger charge is 2.02. The van der Waals surface area contributed by atoms with E-state index in [2.05, 4.69) is 29.6 Å². The van der Waals surface area contributed by atoms with Gasteiger partial charge in [-0.1, -0.05) is 87.4 Å². The van der Waals surface area contributed by atoms with Gasteiger partial charge >= 0.3 is 0 Å². The first-order valence-electron chi connectivity index (χ1n) is 11.9. The largest absolute Gasteiger partial charge is 0.489 e. The summed E-state index contributed by atoms with van der Waals surface area (Å²) in [5, 5.41) is 11.8. The van der Waals surface area contributed by atoms with Gasteiger partial charge in [-0.05, 0) is 42.5 Å². The molecule has 2 N–H and O–H groups in total. The number of carbonyl (C=O) groups is 1. The minimum Gasteiger partial charge on any atom is -0.489 e. The normalized spacial score (nSPS) is 10.7. The molecule has 0 spiro atoms. The van der Waals surface area contributed by atoms with Gasteiger partial charge in [0.15, 0.2) is 0 Å². The van der Waals surface area contributed by atoms with Crippen LogP contribution in [0.25, 0.3) is 0 Å². The van der Waals surface area contributed by atoms with E-state index in [0.717, 1.165) is 43.4 Å². The van der Waals surface area contributed by atoms with E-state index in [0.29, 0.717) is 26.2 Å². The van der Waals surface area contributed by atoms with Crippen LogP contribution >= 0.6 is 0 Å². The second-order valence-corrected chi connectivity index (χ2v) is 8.17. The van der Waals surface area contributed by atoms with Crippen molar-refractivity contribution in [2.24, 2.45) is 0 Å². The third kappa shape index (κ3) is 12.2. The minimum absolute atomic E-state index is 0.159. The van der Waals surface area contributed by atoms with Crippen LogP contribution in [0.4, 0.5) is 0 Å². The van der Waals surface area contributed by atoms with Gasteiger partial charge in [-0.25, -0.2) is 0 Å². The third-order valence-corrected chi connectivity index (χ3v) is 5.47. The van der Waals surface area contributed by atoms with E-state index in [1.807, 2.05) is 30.3 Å². The fourth-order valence-electron chi connectivity index (χ4n) is 3.56. The average Bonchev–Trinajstić information content (AvgIpc) is 2.80. The second-order valence-electron chi connectivity index (χ2n) is 8.17. The quantitative estimate of drug-likeness (QED) is 0.314. The molecule has 170 valence electrons. The van der Waals surface area contributed by atoms with Gasteiger partial charge in [0.2, 0.25) is 5.91 Å². The molecule has 2 aromatic rings. The van der Waals surface area contributed by atoms with Gasteiger partial charge in [0.05, 0.1) is 0 Å². The highest BCUT2D eigenvalue weighted by atomic mass is 16.5. The first kappa shape index (κ1) is 24.9. The zero-order chi connectivity index (χ0) is 22.0. The molecule has 4 nitrogen and oxygen atoms in total.